The molecule has 0 saturated heterocycles. The van der Waals surface area contributed by atoms with Gasteiger partial charge in [-0.25, -0.2) is 0 Å². The molecule has 5 nitrogen and oxygen atoms in total. The Hall–Kier alpha value is -1.10. The quantitative estimate of drug-likeness (QED) is 0.845. The molecule has 5 heteroatoms. The molecule has 0 aliphatic heterocycles. The van der Waals surface area contributed by atoms with Crippen LogP contribution in [0.4, 0.5) is 6.01 Å². The Bertz CT molecular complexity index is 356. The van der Waals surface area contributed by atoms with Crippen LogP contribution in [0.2, 0.25) is 0 Å². The largest absolute Gasteiger partial charge is 0.407 e. The van der Waals surface area contributed by atoms with Crippen molar-refractivity contribution in [3.05, 3.63) is 5.89 Å². The van der Waals surface area contributed by atoms with Crippen LogP contribution < -0.4 is 10.2 Å². The van der Waals surface area contributed by atoms with Gasteiger partial charge >= 0.3 is 6.01 Å². The predicted molar refractivity (Wildman–Crippen MR) is 73.7 cm³/mol. The van der Waals surface area contributed by atoms with Crippen LogP contribution in [0.1, 0.15) is 53.9 Å². The van der Waals surface area contributed by atoms with Gasteiger partial charge in [0, 0.05) is 18.1 Å². The van der Waals surface area contributed by atoms with Crippen LogP contribution in [0.5, 0.6) is 0 Å². The first-order chi connectivity index (χ1) is 8.37. The van der Waals surface area contributed by atoms with E-state index in [2.05, 4.69) is 62.0 Å². The van der Waals surface area contributed by atoms with Gasteiger partial charge in [-0.1, -0.05) is 12.0 Å². The molecule has 0 aliphatic carbocycles. The summed E-state index contributed by atoms with van der Waals surface area (Å²) in [4.78, 5) is 2.13. The molecule has 18 heavy (non-hydrogen) atoms. The summed E-state index contributed by atoms with van der Waals surface area (Å²) in [5.41, 5.74) is 0.0514. The zero-order valence-electron chi connectivity index (χ0n) is 12.4. The number of hydrogen-bond acceptors (Lipinski definition) is 5. The molecule has 0 spiro atoms. The fourth-order valence-corrected chi connectivity index (χ4v) is 1.63. The standard InChI is InChI=1S/C13H26N4O/c1-7-10(3)17(8-2)12-16-15-11(18-12)9-14-13(4,5)6/h10,14H,7-9H2,1-6H3. The summed E-state index contributed by atoms with van der Waals surface area (Å²) in [6, 6.07) is 1.04. The Labute approximate surface area is 110 Å². The maximum Gasteiger partial charge on any atom is 0.318 e. The van der Waals surface area contributed by atoms with Gasteiger partial charge in [0.25, 0.3) is 0 Å². The number of hydrogen-bond donors (Lipinski definition) is 1. The lowest BCUT2D eigenvalue weighted by Crippen LogP contribution is -2.35. The first kappa shape index (κ1) is 15.0. The molecule has 0 fully saturated rings. The van der Waals surface area contributed by atoms with E-state index in [1.807, 2.05) is 0 Å². The second-order valence-corrected chi connectivity index (χ2v) is 5.63. The first-order valence-electron chi connectivity index (χ1n) is 6.71. The van der Waals surface area contributed by atoms with Crippen LogP contribution in [0.15, 0.2) is 4.42 Å². The van der Waals surface area contributed by atoms with Crippen molar-refractivity contribution < 1.29 is 4.42 Å². The minimum absolute atomic E-state index is 0.0514. The maximum absolute atomic E-state index is 5.70. The third kappa shape index (κ3) is 4.29. The fourth-order valence-electron chi connectivity index (χ4n) is 1.63. The van der Waals surface area contributed by atoms with E-state index in [1.54, 1.807) is 0 Å². The van der Waals surface area contributed by atoms with E-state index in [0.29, 0.717) is 24.5 Å². The second-order valence-electron chi connectivity index (χ2n) is 5.63. The van der Waals surface area contributed by atoms with Crippen molar-refractivity contribution in [2.75, 3.05) is 11.4 Å². The van der Waals surface area contributed by atoms with Crippen molar-refractivity contribution in [1.29, 1.82) is 0 Å². The topological polar surface area (TPSA) is 54.2 Å². The minimum Gasteiger partial charge on any atom is -0.407 e. The lowest BCUT2D eigenvalue weighted by molar-refractivity contribution is 0.378. The first-order valence-corrected chi connectivity index (χ1v) is 6.71. The van der Waals surface area contributed by atoms with Crippen molar-refractivity contribution in [2.45, 2.75) is 66.1 Å². The molecule has 0 aromatic carbocycles. The number of nitrogens with zero attached hydrogens (tertiary/aromatic N) is 3. The molecule has 0 aliphatic rings. The van der Waals surface area contributed by atoms with E-state index in [1.165, 1.54) is 0 Å². The van der Waals surface area contributed by atoms with Gasteiger partial charge in [0.05, 0.1) is 6.54 Å². The maximum atomic E-state index is 5.70. The molecule has 1 atom stereocenters. The smallest absolute Gasteiger partial charge is 0.318 e. The van der Waals surface area contributed by atoms with Gasteiger partial charge in [0.15, 0.2) is 0 Å². The number of nitrogens with one attached hydrogen (secondary N) is 1. The number of anilines is 1. The summed E-state index contributed by atoms with van der Waals surface area (Å²) < 4.78 is 5.70. The SMILES string of the molecule is CCC(C)N(CC)c1nnc(CNC(C)(C)C)o1. The van der Waals surface area contributed by atoms with Crippen molar-refractivity contribution in [1.82, 2.24) is 15.5 Å². The molecular formula is C13H26N4O. The Balaban J connectivity index is 2.67. The molecule has 104 valence electrons. The molecule has 1 N–H and O–H groups in total. The van der Waals surface area contributed by atoms with Crippen LogP contribution in [0.25, 0.3) is 0 Å². The van der Waals surface area contributed by atoms with Crippen molar-refractivity contribution in [3.8, 4) is 0 Å². The van der Waals surface area contributed by atoms with Gasteiger partial charge in [0.2, 0.25) is 5.89 Å². The van der Waals surface area contributed by atoms with Crippen molar-refractivity contribution in [2.24, 2.45) is 0 Å². The van der Waals surface area contributed by atoms with Gasteiger partial charge in [-0.2, -0.15) is 0 Å². The van der Waals surface area contributed by atoms with Crippen LogP contribution in [-0.4, -0.2) is 28.3 Å². The summed E-state index contributed by atoms with van der Waals surface area (Å²) in [7, 11) is 0. The average molecular weight is 254 g/mol. The average Bonchev–Trinajstić information content (AvgIpc) is 2.75. The van der Waals surface area contributed by atoms with Crippen LogP contribution >= 0.6 is 0 Å². The Kier molecular flexibility index (Phi) is 5.14. The molecule has 1 aromatic rings. The summed E-state index contributed by atoms with van der Waals surface area (Å²) in [6.45, 7) is 14.2. The van der Waals surface area contributed by atoms with E-state index in [-0.39, 0.29) is 5.54 Å². The zero-order valence-corrected chi connectivity index (χ0v) is 12.4. The van der Waals surface area contributed by atoms with E-state index in [9.17, 15) is 0 Å². The monoisotopic (exact) mass is 254 g/mol. The van der Waals surface area contributed by atoms with E-state index >= 15 is 0 Å². The summed E-state index contributed by atoms with van der Waals surface area (Å²) in [5, 5.41) is 11.5. The van der Waals surface area contributed by atoms with Crippen LogP contribution in [0, 0.1) is 0 Å². The van der Waals surface area contributed by atoms with Gasteiger partial charge in [-0.15, -0.1) is 5.10 Å². The van der Waals surface area contributed by atoms with E-state index in [4.69, 9.17) is 4.42 Å². The van der Waals surface area contributed by atoms with Gasteiger partial charge in [-0.3, -0.25) is 0 Å². The van der Waals surface area contributed by atoms with Gasteiger partial charge in [-0.05, 0) is 41.0 Å². The van der Waals surface area contributed by atoms with Crippen LogP contribution in [0.3, 0.4) is 0 Å². The Morgan fingerprint density at radius 2 is 1.94 bits per heavy atom. The highest BCUT2D eigenvalue weighted by Crippen LogP contribution is 2.16. The third-order valence-electron chi connectivity index (χ3n) is 2.94. The van der Waals surface area contributed by atoms with Crippen molar-refractivity contribution >= 4 is 6.01 Å². The molecule has 0 amide bonds. The molecule has 1 heterocycles. The highest BCUT2D eigenvalue weighted by atomic mass is 16.4. The third-order valence-corrected chi connectivity index (χ3v) is 2.94. The lowest BCUT2D eigenvalue weighted by Gasteiger charge is -2.24. The van der Waals surface area contributed by atoms with Crippen molar-refractivity contribution in [3.63, 3.8) is 0 Å². The van der Waals surface area contributed by atoms with Gasteiger partial charge in [0.1, 0.15) is 0 Å². The summed E-state index contributed by atoms with van der Waals surface area (Å²) >= 11 is 0. The zero-order chi connectivity index (χ0) is 13.8. The minimum atomic E-state index is 0.0514. The molecule has 0 saturated carbocycles. The summed E-state index contributed by atoms with van der Waals surface area (Å²) in [6.07, 6.45) is 1.06. The van der Waals surface area contributed by atoms with E-state index < -0.39 is 0 Å². The molecule has 1 rings (SSSR count). The molecule has 1 unspecified atom stereocenters. The highest BCUT2D eigenvalue weighted by molar-refractivity contribution is 5.25. The molecule has 1 aromatic heterocycles. The number of rotatable bonds is 6. The Morgan fingerprint density at radius 3 is 2.44 bits per heavy atom. The summed E-state index contributed by atoms with van der Waals surface area (Å²) in [5.74, 6) is 0.640. The molecule has 0 bridgehead atoms. The number of aromatic nitrogens is 2. The fraction of sp³-hybridized carbons (Fsp3) is 0.846. The van der Waals surface area contributed by atoms with E-state index in [0.717, 1.165) is 13.0 Å². The second kappa shape index (κ2) is 6.18. The Morgan fingerprint density at radius 1 is 1.28 bits per heavy atom. The van der Waals surface area contributed by atoms with Gasteiger partial charge < -0.3 is 14.6 Å². The predicted octanol–water partition coefficient (Wildman–Crippen LogP) is 2.58. The highest BCUT2D eigenvalue weighted by Gasteiger charge is 2.18. The molecular weight excluding hydrogens is 228 g/mol. The lowest BCUT2D eigenvalue weighted by atomic mass is 10.1. The normalized spacial score (nSPS) is 13.7. The molecule has 0 radical (unpaired) electrons. The van der Waals surface area contributed by atoms with Crippen LogP contribution in [-0.2, 0) is 6.54 Å².